The van der Waals surface area contributed by atoms with Crippen LogP contribution >= 0.6 is 11.8 Å². The third-order valence-electron chi connectivity index (χ3n) is 5.22. The molecule has 1 aliphatic heterocycles. The molecule has 0 aromatic carbocycles. The number of amides is 1. The Morgan fingerprint density at radius 3 is 2.62 bits per heavy atom. The third kappa shape index (κ3) is 5.46. The zero-order chi connectivity index (χ0) is 18.4. The summed E-state index contributed by atoms with van der Waals surface area (Å²) in [5.41, 5.74) is 0. The molecule has 0 radical (unpaired) electrons. The Labute approximate surface area is 160 Å². The molecule has 146 valence electrons. The molecule has 1 atom stereocenters. The Morgan fingerprint density at radius 2 is 1.96 bits per heavy atom. The van der Waals surface area contributed by atoms with Gasteiger partial charge in [-0.05, 0) is 25.7 Å². The maximum Gasteiger partial charge on any atom is 0.230 e. The predicted octanol–water partition coefficient (Wildman–Crippen LogP) is 3.51. The number of thioether (sulfide) groups is 1. The Morgan fingerprint density at radius 1 is 1.19 bits per heavy atom. The highest BCUT2D eigenvalue weighted by molar-refractivity contribution is 7.99. The SMILES string of the molecule is CC(C)c1nnc(SCC(=O)NC2CCCCCC2)n1CC1CCCO1. The molecule has 1 amide bonds. The van der Waals surface area contributed by atoms with Gasteiger partial charge in [-0.1, -0.05) is 51.3 Å². The molecule has 7 heteroatoms. The van der Waals surface area contributed by atoms with Gasteiger partial charge in [-0.15, -0.1) is 10.2 Å². The van der Waals surface area contributed by atoms with Gasteiger partial charge in [0, 0.05) is 18.6 Å². The highest BCUT2D eigenvalue weighted by Crippen LogP contribution is 2.24. The fraction of sp³-hybridized carbons (Fsp3) is 0.842. The van der Waals surface area contributed by atoms with Crippen LogP contribution in [-0.4, -0.2) is 45.2 Å². The topological polar surface area (TPSA) is 69.0 Å². The number of nitrogens with zero attached hydrogens (tertiary/aromatic N) is 3. The largest absolute Gasteiger partial charge is 0.376 e. The van der Waals surface area contributed by atoms with Crippen molar-refractivity contribution in [3.05, 3.63) is 5.82 Å². The number of carbonyl (C=O) groups is 1. The fourth-order valence-corrected chi connectivity index (χ4v) is 4.59. The van der Waals surface area contributed by atoms with Crippen molar-refractivity contribution in [3.8, 4) is 0 Å². The van der Waals surface area contributed by atoms with Crippen molar-refractivity contribution >= 4 is 17.7 Å². The summed E-state index contributed by atoms with van der Waals surface area (Å²) >= 11 is 1.49. The molecule has 1 saturated heterocycles. The number of rotatable bonds is 7. The Hall–Kier alpha value is -1.08. The average molecular weight is 381 g/mol. The van der Waals surface area contributed by atoms with E-state index in [1.165, 1.54) is 37.4 Å². The second-order valence-electron chi connectivity index (χ2n) is 7.79. The molecule has 2 aliphatic rings. The molecule has 26 heavy (non-hydrogen) atoms. The maximum atomic E-state index is 12.4. The van der Waals surface area contributed by atoms with E-state index in [4.69, 9.17) is 4.74 Å². The van der Waals surface area contributed by atoms with Crippen LogP contribution in [0.25, 0.3) is 0 Å². The first-order valence-corrected chi connectivity index (χ1v) is 11.1. The summed E-state index contributed by atoms with van der Waals surface area (Å²) in [6, 6.07) is 0.349. The van der Waals surface area contributed by atoms with Gasteiger partial charge in [0.15, 0.2) is 5.16 Å². The van der Waals surface area contributed by atoms with Gasteiger partial charge < -0.3 is 14.6 Å². The molecule has 2 heterocycles. The lowest BCUT2D eigenvalue weighted by Gasteiger charge is -2.17. The van der Waals surface area contributed by atoms with Crippen molar-refractivity contribution in [1.29, 1.82) is 0 Å². The van der Waals surface area contributed by atoms with Crippen LogP contribution in [0.15, 0.2) is 5.16 Å². The van der Waals surface area contributed by atoms with E-state index < -0.39 is 0 Å². The van der Waals surface area contributed by atoms with Crippen molar-refractivity contribution in [1.82, 2.24) is 20.1 Å². The zero-order valence-electron chi connectivity index (χ0n) is 16.1. The molecule has 0 bridgehead atoms. The molecule has 1 saturated carbocycles. The minimum atomic E-state index is 0.111. The van der Waals surface area contributed by atoms with Crippen LogP contribution in [0.5, 0.6) is 0 Å². The number of carbonyl (C=O) groups excluding carboxylic acids is 1. The fourth-order valence-electron chi connectivity index (χ4n) is 3.82. The molecule has 2 fully saturated rings. The summed E-state index contributed by atoms with van der Waals surface area (Å²) in [7, 11) is 0. The van der Waals surface area contributed by atoms with E-state index in [2.05, 4.69) is 33.9 Å². The summed E-state index contributed by atoms with van der Waals surface area (Å²) in [4.78, 5) is 12.4. The van der Waals surface area contributed by atoms with Crippen LogP contribution < -0.4 is 5.32 Å². The van der Waals surface area contributed by atoms with Crippen molar-refractivity contribution < 1.29 is 9.53 Å². The van der Waals surface area contributed by atoms with Crippen molar-refractivity contribution in [2.24, 2.45) is 0 Å². The summed E-state index contributed by atoms with van der Waals surface area (Å²) in [5.74, 6) is 1.79. The monoisotopic (exact) mass is 380 g/mol. The number of hydrogen-bond acceptors (Lipinski definition) is 5. The maximum absolute atomic E-state index is 12.4. The van der Waals surface area contributed by atoms with E-state index in [1.54, 1.807) is 0 Å². The smallest absolute Gasteiger partial charge is 0.230 e. The first kappa shape index (κ1) is 19.7. The second kappa shape index (κ2) is 9.74. The summed E-state index contributed by atoms with van der Waals surface area (Å²) < 4.78 is 7.95. The number of aromatic nitrogens is 3. The number of ether oxygens (including phenoxy) is 1. The molecular weight excluding hydrogens is 348 g/mol. The molecule has 6 nitrogen and oxygen atoms in total. The van der Waals surface area contributed by atoms with Crippen LogP contribution in [0.2, 0.25) is 0 Å². The lowest BCUT2D eigenvalue weighted by Crippen LogP contribution is -2.35. The van der Waals surface area contributed by atoms with E-state index >= 15 is 0 Å². The van der Waals surface area contributed by atoms with Crippen molar-refractivity contribution in [3.63, 3.8) is 0 Å². The van der Waals surface area contributed by atoms with E-state index in [0.717, 1.165) is 49.8 Å². The lowest BCUT2D eigenvalue weighted by atomic mass is 10.1. The van der Waals surface area contributed by atoms with Gasteiger partial charge in [0.05, 0.1) is 18.4 Å². The van der Waals surface area contributed by atoms with Gasteiger partial charge in [0.25, 0.3) is 0 Å². The Balaban J connectivity index is 1.56. The molecular formula is C19H32N4O2S. The van der Waals surface area contributed by atoms with Crippen molar-refractivity contribution in [2.45, 2.75) is 95.0 Å². The molecule has 3 rings (SSSR count). The summed E-state index contributed by atoms with van der Waals surface area (Å²) in [6.45, 7) is 5.88. The summed E-state index contributed by atoms with van der Waals surface area (Å²) in [5, 5.41) is 12.8. The minimum Gasteiger partial charge on any atom is -0.376 e. The zero-order valence-corrected chi connectivity index (χ0v) is 16.9. The third-order valence-corrected chi connectivity index (χ3v) is 6.19. The molecule has 1 aromatic heterocycles. The van der Waals surface area contributed by atoms with Crippen LogP contribution in [-0.2, 0) is 16.1 Å². The van der Waals surface area contributed by atoms with Gasteiger partial charge in [0.2, 0.25) is 5.91 Å². The van der Waals surface area contributed by atoms with Crippen LogP contribution in [0, 0.1) is 0 Å². The average Bonchev–Trinajstić information content (AvgIpc) is 3.19. The van der Waals surface area contributed by atoms with Crippen LogP contribution in [0.4, 0.5) is 0 Å². The Kier molecular flexibility index (Phi) is 7.37. The highest BCUT2D eigenvalue weighted by Gasteiger charge is 2.23. The van der Waals surface area contributed by atoms with Crippen LogP contribution in [0.1, 0.15) is 77.0 Å². The summed E-state index contributed by atoms with van der Waals surface area (Å²) in [6.07, 6.45) is 9.72. The first-order valence-electron chi connectivity index (χ1n) is 10.1. The molecule has 1 aromatic rings. The van der Waals surface area contributed by atoms with E-state index in [1.807, 2.05) is 0 Å². The van der Waals surface area contributed by atoms with E-state index in [9.17, 15) is 4.79 Å². The van der Waals surface area contributed by atoms with Gasteiger partial charge in [0.1, 0.15) is 5.82 Å². The predicted molar refractivity (Wildman–Crippen MR) is 103 cm³/mol. The standard InChI is InChI=1S/C19H32N4O2S/c1-14(2)18-21-22-19(23(18)12-16-10-7-11-25-16)26-13-17(24)20-15-8-5-3-4-6-9-15/h14-16H,3-13H2,1-2H3,(H,20,24). The minimum absolute atomic E-state index is 0.111. The molecule has 1 N–H and O–H groups in total. The van der Waals surface area contributed by atoms with Gasteiger partial charge >= 0.3 is 0 Å². The molecule has 1 unspecified atom stereocenters. The molecule has 1 aliphatic carbocycles. The van der Waals surface area contributed by atoms with Gasteiger partial charge in [-0.25, -0.2) is 0 Å². The van der Waals surface area contributed by atoms with E-state index in [-0.39, 0.29) is 12.0 Å². The van der Waals surface area contributed by atoms with Gasteiger partial charge in [-0.2, -0.15) is 0 Å². The normalized spacial score (nSPS) is 21.9. The van der Waals surface area contributed by atoms with Crippen LogP contribution in [0.3, 0.4) is 0 Å². The first-order chi connectivity index (χ1) is 12.6. The van der Waals surface area contributed by atoms with Gasteiger partial charge in [-0.3, -0.25) is 4.79 Å². The number of hydrogen-bond donors (Lipinski definition) is 1. The second-order valence-corrected chi connectivity index (χ2v) is 8.73. The van der Waals surface area contributed by atoms with Crippen molar-refractivity contribution in [2.75, 3.05) is 12.4 Å². The lowest BCUT2D eigenvalue weighted by molar-refractivity contribution is -0.119. The molecule has 0 spiro atoms. The Bertz CT molecular complexity index is 576. The highest BCUT2D eigenvalue weighted by atomic mass is 32.2. The number of nitrogens with one attached hydrogen (secondary N) is 1. The quantitative estimate of drug-likeness (QED) is 0.579. The van der Waals surface area contributed by atoms with E-state index in [0.29, 0.717) is 17.7 Å².